The van der Waals surface area contributed by atoms with E-state index in [1.54, 1.807) is 0 Å². The molecular weight excluding hydrogens is 298 g/mol. The number of nitrogens with one attached hydrogen (secondary N) is 1. The van der Waals surface area contributed by atoms with Crippen LogP contribution in [-0.4, -0.2) is 19.1 Å². The molecule has 114 valence electrons. The van der Waals surface area contributed by atoms with Crippen molar-refractivity contribution in [3.05, 3.63) is 70.7 Å². The van der Waals surface area contributed by atoms with E-state index >= 15 is 0 Å². The Hall–Kier alpha value is -1.84. The molecule has 1 fully saturated rings. The molecule has 1 aliphatic rings. The van der Waals surface area contributed by atoms with Gasteiger partial charge in [-0.25, -0.2) is 0 Å². The second-order valence-electron chi connectivity index (χ2n) is 5.47. The Bertz CT molecular complexity index is 639. The van der Waals surface area contributed by atoms with Crippen LogP contribution in [0.2, 0.25) is 5.02 Å². The second-order valence-corrected chi connectivity index (χ2v) is 5.90. The molecule has 1 heterocycles. The van der Waals surface area contributed by atoms with Gasteiger partial charge in [0, 0.05) is 11.6 Å². The monoisotopic (exact) mass is 315 g/mol. The third kappa shape index (κ3) is 3.49. The zero-order chi connectivity index (χ0) is 15.4. The molecule has 0 bridgehead atoms. The molecule has 0 aromatic heterocycles. The molecule has 22 heavy (non-hydrogen) atoms. The molecule has 1 N–H and O–H groups in total. The van der Waals surface area contributed by atoms with Crippen LogP contribution in [0.15, 0.2) is 54.6 Å². The van der Waals surface area contributed by atoms with E-state index in [4.69, 9.17) is 16.3 Å². The quantitative estimate of drug-likeness (QED) is 0.936. The lowest BCUT2D eigenvalue weighted by Gasteiger charge is -2.21. The maximum absolute atomic E-state index is 12.5. The Labute approximate surface area is 135 Å². The first-order valence-corrected chi connectivity index (χ1v) is 7.80. The van der Waals surface area contributed by atoms with E-state index in [0.29, 0.717) is 18.2 Å². The van der Waals surface area contributed by atoms with E-state index < -0.39 is 0 Å². The first-order valence-electron chi connectivity index (χ1n) is 7.42. The predicted octanol–water partition coefficient (Wildman–Crippen LogP) is 3.58. The van der Waals surface area contributed by atoms with E-state index in [0.717, 1.165) is 17.5 Å². The van der Waals surface area contributed by atoms with Gasteiger partial charge in [-0.05, 0) is 29.7 Å². The van der Waals surface area contributed by atoms with Crippen LogP contribution < -0.4 is 5.32 Å². The van der Waals surface area contributed by atoms with Crippen LogP contribution in [0.25, 0.3) is 0 Å². The van der Waals surface area contributed by atoms with Gasteiger partial charge in [-0.15, -0.1) is 0 Å². The van der Waals surface area contributed by atoms with Gasteiger partial charge < -0.3 is 10.1 Å². The van der Waals surface area contributed by atoms with Crippen LogP contribution in [0.5, 0.6) is 0 Å². The van der Waals surface area contributed by atoms with Crippen molar-refractivity contribution < 1.29 is 9.53 Å². The average Bonchev–Trinajstić information content (AvgIpc) is 3.08. The van der Waals surface area contributed by atoms with Gasteiger partial charge in [0.25, 0.3) is 0 Å². The van der Waals surface area contributed by atoms with Crippen LogP contribution in [0.3, 0.4) is 0 Å². The van der Waals surface area contributed by atoms with Crippen molar-refractivity contribution in [2.24, 2.45) is 5.92 Å². The summed E-state index contributed by atoms with van der Waals surface area (Å²) in [5.41, 5.74) is 2.02. The van der Waals surface area contributed by atoms with E-state index in [9.17, 15) is 4.79 Å². The zero-order valence-corrected chi connectivity index (χ0v) is 12.9. The molecule has 2 aromatic rings. The molecule has 4 heteroatoms. The van der Waals surface area contributed by atoms with Crippen LogP contribution in [0.4, 0.5) is 0 Å². The fraction of sp³-hybridized carbons (Fsp3) is 0.278. The minimum Gasteiger partial charge on any atom is -0.381 e. The molecule has 3 nitrogen and oxygen atoms in total. The summed E-state index contributed by atoms with van der Waals surface area (Å²) < 4.78 is 5.31. The maximum Gasteiger partial charge on any atom is 0.226 e. The summed E-state index contributed by atoms with van der Waals surface area (Å²) in [5, 5.41) is 3.80. The van der Waals surface area contributed by atoms with E-state index in [1.165, 1.54) is 0 Å². The van der Waals surface area contributed by atoms with Crippen molar-refractivity contribution in [2.75, 3.05) is 13.2 Å². The van der Waals surface area contributed by atoms with Crippen molar-refractivity contribution in [3.8, 4) is 0 Å². The first-order chi connectivity index (χ1) is 10.7. The summed E-state index contributed by atoms with van der Waals surface area (Å²) in [6.45, 7) is 1.16. The SMILES string of the molecule is O=C(NC(c1ccccc1)c1cccc(Cl)c1)C1CCOC1. The van der Waals surface area contributed by atoms with Crippen molar-refractivity contribution in [2.45, 2.75) is 12.5 Å². The molecule has 1 amide bonds. The van der Waals surface area contributed by atoms with Gasteiger partial charge in [-0.3, -0.25) is 4.79 Å². The number of carbonyl (C=O) groups is 1. The van der Waals surface area contributed by atoms with Gasteiger partial charge in [0.1, 0.15) is 0 Å². The molecule has 0 spiro atoms. The van der Waals surface area contributed by atoms with Crippen LogP contribution >= 0.6 is 11.6 Å². The van der Waals surface area contributed by atoms with Crippen LogP contribution in [0, 0.1) is 5.92 Å². The summed E-state index contributed by atoms with van der Waals surface area (Å²) >= 11 is 6.11. The summed E-state index contributed by atoms with van der Waals surface area (Å²) in [6.07, 6.45) is 0.781. The van der Waals surface area contributed by atoms with Gasteiger partial charge >= 0.3 is 0 Å². The third-order valence-electron chi connectivity index (χ3n) is 3.90. The molecule has 1 saturated heterocycles. The van der Waals surface area contributed by atoms with Gasteiger partial charge in [0.05, 0.1) is 18.6 Å². The van der Waals surface area contributed by atoms with Gasteiger partial charge in [-0.2, -0.15) is 0 Å². The van der Waals surface area contributed by atoms with Gasteiger partial charge in [0.15, 0.2) is 0 Å². The summed E-state index contributed by atoms with van der Waals surface area (Å²) in [5.74, 6) is -0.0308. The highest BCUT2D eigenvalue weighted by molar-refractivity contribution is 6.30. The van der Waals surface area contributed by atoms with Crippen molar-refractivity contribution in [3.63, 3.8) is 0 Å². The maximum atomic E-state index is 12.5. The molecule has 2 unspecified atom stereocenters. The Morgan fingerprint density at radius 1 is 1.14 bits per heavy atom. The zero-order valence-electron chi connectivity index (χ0n) is 12.2. The summed E-state index contributed by atoms with van der Waals surface area (Å²) in [4.78, 5) is 12.5. The van der Waals surface area contributed by atoms with E-state index in [-0.39, 0.29) is 17.9 Å². The van der Waals surface area contributed by atoms with E-state index in [2.05, 4.69) is 5.32 Å². The number of hydrogen-bond donors (Lipinski definition) is 1. The lowest BCUT2D eigenvalue weighted by Crippen LogP contribution is -2.34. The first kappa shape index (κ1) is 15.1. The number of amides is 1. The molecule has 0 saturated carbocycles. The Morgan fingerprint density at radius 3 is 2.59 bits per heavy atom. The number of hydrogen-bond acceptors (Lipinski definition) is 2. The molecule has 3 rings (SSSR count). The van der Waals surface area contributed by atoms with Crippen molar-refractivity contribution in [1.82, 2.24) is 5.32 Å². The Morgan fingerprint density at radius 2 is 1.91 bits per heavy atom. The molecular formula is C18H18ClNO2. The molecule has 2 atom stereocenters. The van der Waals surface area contributed by atoms with Crippen LogP contribution in [-0.2, 0) is 9.53 Å². The minimum atomic E-state index is -0.201. The lowest BCUT2D eigenvalue weighted by molar-refractivity contribution is -0.125. The smallest absolute Gasteiger partial charge is 0.226 e. The number of rotatable bonds is 4. The average molecular weight is 316 g/mol. The highest BCUT2D eigenvalue weighted by atomic mass is 35.5. The number of ether oxygens (including phenoxy) is 1. The molecule has 2 aromatic carbocycles. The second kappa shape index (κ2) is 6.95. The molecule has 0 aliphatic carbocycles. The number of halogens is 1. The Balaban J connectivity index is 1.87. The fourth-order valence-electron chi connectivity index (χ4n) is 2.69. The number of benzene rings is 2. The predicted molar refractivity (Wildman–Crippen MR) is 86.8 cm³/mol. The molecule has 0 radical (unpaired) electrons. The van der Waals surface area contributed by atoms with E-state index in [1.807, 2.05) is 54.6 Å². The topological polar surface area (TPSA) is 38.3 Å². The summed E-state index contributed by atoms with van der Waals surface area (Å²) in [6, 6.07) is 17.3. The summed E-state index contributed by atoms with van der Waals surface area (Å²) in [7, 11) is 0. The minimum absolute atomic E-state index is 0.0336. The number of carbonyl (C=O) groups excluding carboxylic acids is 1. The largest absolute Gasteiger partial charge is 0.381 e. The van der Waals surface area contributed by atoms with Crippen molar-refractivity contribution >= 4 is 17.5 Å². The fourth-order valence-corrected chi connectivity index (χ4v) is 2.89. The highest BCUT2D eigenvalue weighted by Crippen LogP contribution is 2.25. The van der Waals surface area contributed by atoms with Gasteiger partial charge in [-0.1, -0.05) is 54.1 Å². The third-order valence-corrected chi connectivity index (χ3v) is 4.14. The van der Waals surface area contributed by atoms with Crippen LogP contribution in [0.1, 0.15) is 23.6 Å². The Kier molecular flexibility index (Phi) is 4.76. The van der Waals surface area contributed by atoms with Gasteiger partial charge in [0.2, 0.25) is 5.91 Å². The highest BCUT2D eigenvalue weighted by Gasteiger charge is 2.26. The standard InChI is InChI=1S/C18H18ClNO2/c19-16-8-4-7-14(11-16)17(13-5-2-1-3-6-13)20-18(21)15-9-10-22-12-15/h1-8,11,15,17H,9-10,12H2,(H,20,21). The normalized spacial score (nSPS) is 18.9. The van der Waals surface area contributed by atoms with Crippen molar-refractivity contribution in [1.29, 1.82) is 0 Å². The lowest BCUT2D eigenvalue weighted by atomic mass is 9.97. The molecule has 1 aliphatic heterocycles.